The van der Waals surface area contributed by atoms with Crippen molar-refractivity contribution >= 4 is 15.7 Å². The molecule has 1 N–H and O–H groups in total. The van der Waals surface area contributed by atoms with Crippen molar-refractivity contribution in [2.75, 3.05) is 24.9 Å². The number of alkyl halides is 3. The van der Waals surface area contributed by atoms with E-state index in [1.165, 1.54) is 10.8 Å². The molecule has 3 rings (SSSR count). The summed E-state index contributed by atoms with van der Waals surface area (Å²) in [5.41, 5.74) is -0.976. The molecule has 0 aliphatic carbocycles. The van der Waals surface area contributed by atoms with Gasteiger partial charge in [0.2, 0.25) is 0 Å². The van der Waals surface area contributed by atoms with Gasteiger partial charge in [-0.15, -0.1) is 0 Å². The zero-order valence-electron chi connectivity index (χ0n) is 15.6. The summed E-state index contributed by atoms with van der Waals surface area (Å²) in [5, 5.41) is -0.215. The van der Waals surface area contributed by atoms with Crippen LogP contribution in [0.3, 0.4) is 0 Å². The number of halogens is 3. The molecule has 7 nitrogen and oxygen atoms in total. The molecule has 0 amide bonds. The Kier molecular flexibility index (Phi) is 5.32. The van der Waals surface area contributed by atoms with Gasteiger partial charge in [-0.1, -0.05) is 0 Å². The van der Waals surface area contributed by atoms with Crippen molar-refractivity contribution in [2.45, 2.75) is 30.7 Å². The van der Waals surface area contributed by atoms with Gasteiger partial charge in [0.25, 0.3) is 10.0 Å². The zero-order valence-corrected chi connectivity index (χ0v) is 16.4. The smallest absolute Gasteiger partial charge is 0.419 e. The first-order valence-electron chi connectivity index (χ1n) is 8.55. The first kappa shape index (κ1) is 20.5. The highest BCUT2D eigenvalue weighted by Crippen LogP contribution is 2.39. The molecule has 1 aromatic carbocycles. The number of ether oxygens (including phenoxy) is 1. The maximum atomic E-state index is 13.3. The predicted octanol–water partition coefficient (Wildman–Crippen LogP) is 2.63. The number of sulfonamides is 1. The number of likely N-dealkylation sites (N-methyl/N-ethyl adjacent to an activating group) is 1. The second-order valence-corrected chi connectivity index (χ2v) is 8.47. The molecule has 0 spiro atoms. The minimum Gasteiger partial charge on any atom is -0.488 e. The summed E-state index contributed by atoms with van der Waals surface area (Å²) < 4.78 is 74.4. The Labute approximate surface area is 161 Å². The van der Waals surface area contributed by atoms with Crippen LogP contribution < -0.4 is 9.46 Å². The van der Waals surface area contributed by atoms with Crippen LogP contribution in [-0.4, -0.2) is 49.1 Å². The van der Waals surface area contributed by atoms with Crippen LogP contribution in [0.4, 0.5) is 18.9 Å². The molecule has 2 aromatic rings. The Hall–Kier alpha value is -2.27. The zero-order chi connectivity index (χ0) is 20.7. The lowest BCUT2D eigenvalue weighted by atomic mass is 10.1. The first-order valence-corrected chi connectivity index (χ1v) is 10.0. The lowest BCUT2D eigenvalue weighted by Crippen LogP contribution is -2.23. The molecule has 0 bridgehead atoms. The Morgan fingerprint density at radius 1 is 1.29 bits per heavy atom. The van der Waals surface area contributed by atoms with Crippen LogP contribution in [0.15, 0.2) is 29.4 Å². The Bertz CT molecular complexity index is 953. The number of aromatic nitrogens is 2. The van der Waals surface area contributed by atoms with Gasteiger partial charge in [-0.25, -0.2) is 4.98 Å². The number of likely N-dealkylation sites (tertiary alicyclic amines) is 1. The lowest BCUT2D eigenvalue weighted by Gasteiger charge is -2.19. The number of nitrogens with zero attached hydrogens (tertiary/aromatic N) is 3. The Morgan fingerprint density at radius 3 is 2.54 bits per heavy atom. The molecule has 1 aliphatic heterocycles. The van der Waals surface area contributed by atoms with Crippen molar-refractivity contribution in [2.24, 2.45) is 7.05 Å². The summed E-state index contributed by atoms with van der Waals surface area (Å²) in [4.78, 5) is 5.90. The van der Waals surface area contributed by atoms with Gasteiger partial charge >= 0.3 is 6.18 Å². The van der Waals surface area contributed by atoms with Gasteiger partial charge in [0.05, 0.1) is 11.3 Å². The van der Waals surface area contributed by atoms with Crippen LogP contribution in [0.1, 0.15) is 17.8 Å². The molecule has 2 heterocycles. The fraction of sp³-hybridized carbons (Fsp3) is 0.471. The molecule has 0 saturated carbocycles. The molecule has 0 unspecified atom stereocenters. The Morgan fingerprint density at radius 2 is 2.00 bits per heavy atom. The molecule has 0 radical (unpaired) electrons. The first-order chi connectivity index (χ1) is 13.0. The van der Waals surface area contributed by atoms with Gasteiger partial charge in [-0.2, -0.15) is 21.6 Å². The summed E-state index contributed by atoms with van der Waals surface area (Å²) in [6.07, 6.45) is -3.09. The molecule has 1 saturated heterocycles. The third-order valence-corrected chi connectivity index (χ3v) is 5.79. The molecule has 1 aromatic heterocycles. The van der Waals surface area contributed by atoms with E-state index in [0.29, 0.717) is 18.8 Å². The highest BCUT2D eigenvalue weighted by Gasteiger charge is 2.36. The quantitative estimate of drug-likeness (QED) is 0.808. The van der Waals surface area contributed by atoms with Gasteiger partial charge in [0, 0.05) is 32.4 Å². The van der Waals surface area contributed by atoms with E-state index in [-0.39, 0.29) is 10.7 Å². The molecule has 154 valence electrons. The average molecular weight is 418 g/mol. The van der Waals surface area contributed by atoms with Gasteiger partial charge < -0.3 is 14.2 Å². The third-order valence-electron chi connectivity index (χ3n) is 4.54. The molecular formula is C17H21F3N4O3S. The SMILES string of the molecule is Cc1nc(S(=O)(=O)Nc2ccc(C(F)(F)F)c(O[C@@H]3CCN(C)C3)c2)cn1C. The highest BCUT2D eigenvalue weighted by atomic mass is 32.2. The van der Waals surface area contributed by atoms with Gasteiger partial charge in [-0.3, -0.25) is 4.72 Å². The largest absolute Gasteiger partial charge is 0.488 e. The van der Waals surface area contributed by atoms with E-state index in [4.69, 9.17) is 4.74 Å². The molecule has 1 fully saturated rings. The summed E-state index contributed by atoms with van der Waals surface area (Å²) in [7, 11) is -0.546. The third kappa shape index (κ3) is 4.41. The second-order valence-electron chi connectivity index (χ2n) is 6.84. The monoisotopic (exact) mass is 418 g/mol. The van der Waals surface area contributed by atoms with Crippen molar-refractivity contribution in [1.29, 1.82) is 0 Å². The van der Waals surface area contributed by atoms with Crippen molar-refractivity contribution in [3.63, 3.8) is 0 Å². The highest BCUT2D eigenvalue weighted by molar-refractivity contribution is 7.92. The van der Waals surface area contributed by atoms with Crippen LogP contribution in [0.25, 0.3) is 0 Å². The fourth-order valence-corrected chi connectivity index (χ4v) is 4.04. The number of rotatable bonds is 5. The van der Waals surface area contributed by atoms with Crippen LogP contribution in [0, 0.1) is 6.92 Å². The molecular weight excluding hydrogens is 397 g/mol. The second kappa shape index (κ2) is 7.28. The predicted molar refractivity (Wildman–Crippen MR) is 96.7 cm³/mol. The van der Waals surface area contributed by atoms with E-state index in [0.717, 1.165) is 24.7 Å². The maximum absolute atomic E-state index is 13.3. The molecule has 11 heteroatoms. The van der Waals surface area contributed by atoms with E-state index in [1.807, 2.05) is 11.9 Å². The molecule has 1 aliphatic rings. The number of benzene rings is 1. The topological polar surface area (TPSA) is 76.5 Å². The van der Waals surface area contributed by atoms with Crippen molar-refractivity contribution in [3.05, 3.63) is 35.8 Å². The number of imidazole rings is 1. The van der Waals surface area contributed by atoms with Crippen LogP contribution >= 0.6 is 0 Å². The van der Waals surface area contributed by atoms with E-state index in [2.05, 4.69) is 9.71 Å². The lowest BCUT2D eigenvalue weighted by molar-refractivity contribution is -0.139. The van der Waals surface area contributed by atoms with Crippen LogP contribution in [0.2, 0.25) is 0 Å². The summed E-state index contributed by atoms with van der Waals surface area (Å²) in [6.45, 7) is 2.86. The van der Waals surface area contributed by atoms with Crippen LogP contribution in [0.5, 0.6) is 5.75 Å². The number of hydrogen-bond acceptors (Lipinski definition) is 5. The Balaban J connectivity index is 1.90. The minimum atomic E-state index is -4.62. The number of hydrogen-bond donors (Lipinski definition) is 1. The summed E-state index contributed by atoms with van der Waals surface area (Å²) in [5.74, 6) is 0.0902. The summed E-state index contributed by atoms with van der Waals surface area (Å²) >= 11 is 0. The minimum absolute atomic E-state index is 0.0299. The van der Waals surface area contributed by atoms with Crippen molar-refractivity contribution in [3.8, 4) is 5.75 Å². The number of anilines is 1. The average Bonchev–Trinajstić information content (AvgIpc) is 3.12. The van der Waals surface area contributed by atoms with E-state index >= 15 is 0 Å². The van der Waals surface area contributed by atoms with Gasteiger partial charge in [-0.05, 0) is 32.5 Å². The van der Waals surface area contributed by atoms with E-state index < -0.39 is 33.6 Å². The van der Waals surface area contributed by atoms with Crippen molar-refractivity contribution < 1.29 is 26.3 Å². The van der Waals surface area contributed by atoms with E-state index in [1.54, 1.807) is 14.0 Å². The van der Waals surface area contributed by atoms with Gasteiger partial charge in [0.1, 0.15) is 17.7 Å². The van der Waals surface area contributed by atoms with E-state index in [9.17, 15) is 21.6 Å². The summed E-state index contributed by atoms with van der Waals surface area (Å²) in [6, 6.07) is 2.94. The molecule has 1 atom stereocenters. The molecule has 28 heavy (non-hydrogen) atoms. The fourth-order valence-electron chi connectivity index (χ4n) is 2.95. The van der Waals surface area contributed by atoms with Gasteiger partial charge in [0.15, 0.2) is 5.03 Å². The standard InChI is InChI=1S/C17H21F3N4O3S/c1-11-21-16(10-24(11)3)28(25,26)22-12-4-5-14(17(18,19)20)15(8-12)27-13-6-7-23(2)9-13/h4-5,8,10,13,22H,6-7,9H2,1-3H3/t13-/m1/s1. The van der Waals surface area contributed by atoms with Crippen LogP contribution in [-0.2, 0) is 23.2 Å². The van der Waals surface area contributed by atoms with Crippen molar-refractivity contribution in [1.82, 2.24) is 14.5 Å². The number of nitrogens with one attached hydrogen (secondary N) is 1. The normalized spacial score (nSPS) is 18.4. The maximum Gasteiger partial charge on any atom is 0.419 e. The number of aryl methyl sites for hydroxylation is 2.